The van der Waals surface area contributed by atoms with Crippen LogP contribution in [0.3, 0.4) is 0 Å². The van der Waals surface area contributed by atoms with Gasteiger partial charge in [-0.3, -0.25) is 0 Å². The number of nitrogens with one attached hydrogen (secondary N) is 1. The Morgan fingerprint density at radius 1 is 1.50 bits per heavy atom. The van der Waals surface area contributed by atoms with Gasteiger partial charge in [0, 0.05) is 24.1 Å². The highest BCUT2D eigenvalue weighted by molar-refractivity contribution is 9.10. The van der Waals surface area contributed by atoms with Gasteiger partial charge >= 0.3 is 0 Å². The maximum absolute atomic E-state index is 12.3. The maximum atomic E-state index is 12.3. The van der Waals surface area contributed by atoms with Gasteiger partial charge in [-0.25, -0.2) is 13.1 Å². The van der Waals surface area contributed by atoms with Crippen molar-refractivity contribution in [2.75, 3.05) is 26.7 Å². The first-order chi connectivity index (χ1) is 9.42. The fourth-order valence-corrected chi connectivity index (χ4v) is 4.63. The number of nitrogens with two attached hydrogens (primary N) is 1. The zero-order valence-electron chi connectivity index (χ0n) is 11.5. The molecular weight excluding hydrogens is 342 g/mol. The fourth-order valence-electron chi connectivity index (χ4n) is 2.39. The number of likely N-dealkylation sites (tertiary alicyclic amines) is 1. The largest absolute Gasteiger partial charge is 0.326 e. The van der Waals surface area contributed by atoms with Crippen LogP contribution in [0.4, 0.5) is 0 Å². The van der Waals surface area contributed by atoms with Gasteiger partial charge in [0.25, 0.3) is 0 Å². The third-order valence-electron chi connectivity index (χ3n) is 3.57. The molecule has 0 aromatic heterocycles. The molecule has 0 bridgehead atoms. The molecule has 20 heavy (non-hydrogen) atoms. The van der Waals surface area contributed by atoms with Crippen molar-refractivity contribution in [2.24, 2.45) is 11.7 Å². The average Bonchev–Trinajstić information content (AvgIpc) is 2.82. The molecule has 3 N–H and O–H groups in total. The molecule has 5 nitrogen and oxygen atoms in total. The molecule has 1 atom stereocenters. The van der Waals surface area contributed by atoms with Crippen molar-refractivity contribution in [3.05, 3.63) is 28.2 Å². The Morgan fingerprint density at radius 2 is 2.25 bits per heavy atom. The minimum Gasteiger partial charge on any atom is -0.326 e. The highest BCUT2D eigenvalue weighted by atomic mass is 79.9. The summed E-state index contributed by atoms with van der Waals surface area (Å²) < 4.78 is 27.9. The molecule has 1 aliphatic rings. The number of rotatable bonds is 5. The molecule has 112 valence electrons. The van der Waals surface area contributed by atoms with E-state index in [1.165, 1.54) is 0 Å². The van der Waals surface area contributed by atoms with Crippen molar-refractivity contribution < 1.29 is 8.42 Å². The molecule has 2 rings (SSSR count). The zero-order chi connectivity index (χ0) is 14.8. The van der Waals surface area contributed by atoms with Gasteiger partial charge in [0.1, 0.15) is 0 Å². The Bertz CT molecular complexity index is 577. The minimum absolute atomic E-state index is 0.265. The summed E-state index contributed by atoms with van der Waals surface area (Å²) in [6.07, 6.45) is 1.03. The highest BCUT2D eigenvalue weighted by Crippen LogP contribution is 2.23. The summed E-state index contributed by atoms with van der Waals surface area (Å²) in [6, 6.07) is 5.08. The van der Waals surface area contributed by atoms with Gasteiger partial charge in [-0.05, 0) is 59.6 Å². The summed E-state index contributed by atoms with van der Waals surface area (Å²) in [5.74, 6) is 0.386. The monoisotopic (exact) mass is 361 g/mol. The van der Waals surface area contributed by atoms with E-state index in [4.69, 9.17) is 5.73 Å². The number of nitrogens with zero attached hydrogens (tertiary/aromatic N) is 1. The van der Waals surface area contributed by atoms with Crippen LogP contribution in [0.15, 0.2) is 27.6 Å². The van der Waals surface area contributed by atoms with Gasteiger partial charge in [0.2, 0.25) is 10.0 Å². The topological polar surface area (TPSA) is 75.4 Å². The van der Waals surface area contributed by atoms with E-state index in [0.29, 0.717) is 23.5 Å². The van der Waals surface area contributed by atoms with Crippen molar-refractivity contribution in [3.63, 3.8) is 0 Å². The third-order valence-corrected chi connectivity index (χ3v) is 5.97. The second-order valence-electron chi connectivity index (χ2n) is 5.24. The van der Waals surface area contributed by atoms with Gasteiger partial charge in [-0.2, -0.15) is 0 Å². The molecule has 1 saturated heterocycles. The lowest BCUT2D eigenvalue weighted by Crippen LogP contribution is -2.30. The van der Waals surface area contributed by atoms with Crippen LogP contribution >= 0.6 is 15.9 Å². The van der Waals surface area contributed by atoms with Crippen LogP contribution in [0, 0.1) is 5.92 Å². The standard InChI is InChI=1S/C13H20BrN3O2S/c1-17-5-4-11(9-17)8-16-20(18,19)13-3-2-10(7-15)6-12(13)14/h2-3,6,11,16H,4-5,7-9,15H2,1H3. The molecule has 0 saturated carbocycles. The Balaban J connectivity index is 2.06. The van der Waals surface area contributed by atoms with Crippen LogP contribution in [0.2, 0.25) is 0 Å². The van der Waals surface area contributed by atoms with Crippen LogP contribution in [0.25, 0.3) is 0 Å². The predicted molar refractivity (Wildman–Crippen MR) is 82.8 cm³/mol. The van der Waals surface area contributed by atoms with Gasteiger partial charge in [-0.1, -0.05) is 6.07 Å². The van der Waals surface area contributed by atoms with Gasteiger partial charge in [0.05, 0.1) is 4.90 Å². The van der Waals surface area contributed by atoms with Gasteiger partial charge in [-0.15, -0.1) is 0 Å². The van der Waals surface area contributed by atoms with Crippen LogP contribution < -0.4 is 10.5 Å². The minimum atomic E-state index is -3.48. The average molecular weight is 362 g/mol. The van der Waals surface area contributed by atoms with Crippen LogP contribution in [-0.2, 0) is 16.6 Å². The molecule has 1 unspecified atom stereocenters. The third kappa shape index (κ3) is 3.79. The maximum Gasteiger partial charge on any atom is 0.241 e. The Morgan fingerprint density at radius 3 is 2.80 bits per heavy atom. The molecule has 1 aromatic rings. The summed E-state index contributed by atoms with van der Waals surface area (Å²) in [5, 5.41) is 0. The number of hydrogen-bond acceptors (Lipinski definition) is 4. The Hall–Kier alpha value is -0.470. The summed E-state index contributed by atoms with van der Waals surface area (Å²) in [7, 11) is -1.42. The van der Waals surface area contributed by atoms with Crippen molar-refractivity contribution in [3.8, 4) is 0 Å². The number of halogens is 1. The lowest BCUT2D eigenvalue weighted by Gasteiger charge is -2.13. The van der Waals surface area contributed by atoms with E-state index >= 15 is 0 Å². The molecule has 1 aliphatic heterocycles. The molecular formula is C13H20BrN3O2S. The van der Waals surface area contributed by atoms with Crippen LogP contribution in [0.1, 0.15) is 12.0 Å². The van der Waals surface area contributed by atoms with Gasteiger partial charge < -0.3 is 10.6 Å². The molecule has 1 aromatic carbocycles. The summed E-state index contributed by atoms with van der Waals surface area (Å²) in [6.45, 7) is 2.84. The second kappa shape index (κ2) is 6.53. The van der Waals surface area contributed by atoms with E-state index in [2.05, 4.69) is 32.6 Å². The zero-order valence-corrected chi connectivity index (χ0v) is 13.9. The molecule has 0 radical (unpaired) electrons. The molecule has 0 aliphatic carbocycles. The first-order valence-corrected chi connectivity index (χ1v) is 8.86. The van der Waals surface area contributed by atoms with E-state index in [0.717, 1.165) is 25.1 Å². The highest BCUT2D eigenvalue weighted by Gasteiger charge is 2.23. The van der Waals surface area contributed by atoms with Crippen molar-refractivity contribution in [2.45, 2.75) is 17.9 Å². The molecule has 1 heterocycles. The van der Waals surface area contributed by atoms with Gasteiger partial charge in [0.15, 0.2) is 0 Å². The van der Waals surface area contributed by atoms with Crippen LogP contribution in [0.5, 0.6) is 0 Å². The van der Waals surface area contributed by atoms with Crippen LogP contribution in [-0.4, -0.2) is 40.0 Å². The normalized spacial score (nSPS) is 20.4. The molecule has 0 spiro atoms. The van der Waals surface area contributed by atoms with E-state index in [9.17, 15) is 8.42 Å². The van der Waals surface area contributed by atoms with Crippen molar-refractivity contribution in [1.29, 1.82) is 0 Å². The lowest BCUT2D eigenvalue weighted by atomic mass is 10.1. The first-order valence-electron chi connectivity index (χ1n) is 6.59. The predicted octanol–water partition coefficient (Wildman–Crippen LogP) is 1.14. The molecule has 7 heteroatoms. The smallest absolute Gasteiger partial charge is 0.241 e. The quantitative estimate of drug-likeness (QED) is 0.824. The number of sulfonamides is 1. The number of benzene rings is 1. The Kier molecular flexibility index (Phi) is 5.19. The first kappa shape index (κ1) is 15.9. The lowest BCUT2D eigenvalue weighted by molar-refractivity contribution is 0.394. The SMILES string of the molecule is CN1CCC(CNS(=O)(=O)c2ccc(CN)cc2Br)C1. The fraction of sp³-hybridized carbons (Fsp3) is 0.538. The molecule has 1 fully saturated rings. The van der Waals surface area contributed by atoms with E-state index in [-0.39, 0.29) is 4.90 Å². The van der Waals surface area contributed by atoms with E-state index < -0.39 is 10.0 Å². The summed E-state index contributed by atoms with van der Waals surface area (Å²) >= 11 is 3.30. The van der Waals surface area contributed by atoms with E-state index in [1.54, 1.807) is 18.2 Å². The number of hydrogen-bond donors (Lipinski definition) is 2. The molecule has 0 amide bonds. The van der Waals surface area contributed by atoms with Crippen molar-refractivity contribution >= 4 is 26.0 Å². The summed E-state index contributed by atoms with van der Waals surface area (Å²) in [4.78, 5) is 2.48. The summed E-state index contributed by atoms with van der Waals surface area (Å²) in [5.41, 5.74) is 6.44. The Labute approximate surface area is 128 Å². The second-order valence-corrected chi connectivity index (χ2v) is 7.83. The van der Waals surface area contributed by atoms with Crippen molar-refractivity contribution in [1.82, 2.24) is 9.62 Å². The van der Waals surface area contributed by atoms with E-state index in [1.807, 2.05) is 0 Å².